The van der Waals surface area contributed by atoms with Gasteiger partial charge in [-0.3, -0.25) is 0 Å². The van der Waals surface area contributed by atoms with Crippen molar-refractivity contribution in [2.24, 2.45) is 0 Å². The first-order chi connectivity index (χ1) is 1.41. The predicted molar refractivity (Wildman–Crippen MR) is 21.3 cm³/mol. The van der Waals surface area contributed by atoms with E-state index >= 15 is 0 Å². The van der Waals surface area contributed by atoms with Crippen LogP contribution in [0.25, 0.3) is 0 Å². The van der Waals surface area contributed by atoms with E-state index in [4.69, 9.17) is 0 Å². The van der Waals surface area contributed by atoms with Gasteiger partial charge in [0.15, 0.2) is 0 Å². The summed E-state index contributed by atoms with van der Waals surface area (Å²) in [4.78, 5) is 0. The van der Waals surface area contributed by atoms with Gasteiger partial charge >= 0.3 is 48.9 Å². The molecule has 0 saturated heterocycles. The van der Waals surface area contributed by atoms with Crippen molar-refractivity contribution in [3.8, 4) is 0 Å². The van der Waals surface area contributed by atoms with Crippen molar-refractivity contribution >= 4 is 72.6 Å². The monoisotopic (exact) mass is 410 g/mol. The minimum Gasteiger partial charge on any atom is 0 e. The van der Waals surface area contributed by atoms with E-state index in [1.807, 2.05) is 0 Å². The van der Waals surface area contributed by atoms with Crippen LogP contribution < -0.4 is 0 Å². The molecule has 0 aromatic rings. The largest absolute Gasteiger partial charge is 0 e. The van der Waals surface area contributed by atoms with Gasteiger partial charge in [0, 0.05) is 21.1 Å². The molecule has 0 bridgehead atoms. The summed E-state index contributed by atoms with van der Waals surface area (Å²) in [5.74, 6) is 0. The molecule has 30 valence electrons. The van der Waals surface area contributed by atoms with Gasteiger partial charge in [0.25, 0.3) is 0 Å². The zero-order valence-electron chi connectivity index (χ0n) is 1.57. The zero-order chi connectivity index (χ0) is 2.71. The molecule has 0 rings (SSSR count). The van der Waals surface area contributed by atoms with Gasteiger partial charge in [-0.25, -0.2) is 0 Å². The van der Waals surface area contributed by atoms with Gasteiger partial charge in [0.05, 0.1) is 23.7 Å². The molecule has 0 spiro atoms. The molecule has 5 heavy (non-hydrogen) atoms. The van der Waals surface area contributed by atoms with Crippen molar-refractivity contribution in [2.45, 2.75) is 0 Å². The van der Waals surface area contributed by atoms with Gasteiger partial charge in [-0.15, -0.1) is 0 Å². The minimum absolute atomic E-state index is 0. The third-order valence-corrected chi connectivity index (χ3v) is 0. The van der Waals surface area contributed by atoms with Crippen LogP contribution in [0.15, 0.2) is 0 Å². The fraction of sp³-hybridized carbons (Fsp3) is 0. The third-order valence-electron chi connectivity index (χ3n) is 0. The van der Waals surface area contributed by atoms with Crippen LogP contribution in [0.5, 0.6) is 0 Å². The first kappa shape index (κ1) is 15.7. The molecule has 0 heterocycles. The molecule has 0 aromatic carbocycles. The molecule has 0 radical (unpaired) electrons. The van der Waals surface area contributed by atoms with Crippen LogP contribution in [-0.2, 0) is 24.9 Å². The average molecular weight is 410 g/mol. The van der Waals surface area contributed by atoms with E-state index in [9.17, 15) is 0 Å². The van der Waals surface area contributed by atoms with Crippen LogP contribution >= 0.6 is 23.7 Å². The van der Waals surface area contributed by atoms with Crippen molar-refractivity contribution < 1.29 is 24.9 Å². The first-order valence-corrected chi connectivity index (χ1v) is 0.926. The van der Waals surface area contributed by atoms with E-state index in [-0.39, 0.29) is 69.9 Å². The van der Waals surface area contributed by atoms with Crippen molar-refractivity contribution in [3.63, 3.8) is 0 Å². The molecule has 5 heteroatoms. The van der Waals surface area contributed by atoms with Gasteiger partial charge in [0.1, 0.15) is 0 Å². The molecule has 1 nitrogen and oxygen atoms in total. The Morgan fingerprint density at radius 1 is 1.20 bits per heavy atom. The Hall–Kier alpha value is 2.80. The SMILES string of the molecule is ClOCl.[BaH2].[W]. The van der Waals surface area contributed by atoms with Crippen LogP contribution in [-0.4, -0.2) is 48.9 Å². The van der Waals surface area contributed by atoms with Gasteiger partial charge in [-0.05, 0) is 0 Å². The Labute approximate surface area is 95.4 Å². The second kappa shape index (κ2) is 15.8. The van der Waals surface area contributed by atoms with Crippen LogP contribution in [0.4, 0.5) is 0 Å². The third kappa shape index (κ3) is 20.0. The maximum atomic E-state index is 4.26. The molecule has 0 aliphatic heterocycles. The number of hydrogen-bond donors (Lipinski definition) is 0. The summed E-state index contributed by atoms with van der Waals surface area (Å²) in [6.45, 7) is 0. The van der Waals surface area contributed by atoms with E-state index < -0.39 is 0 Å². The summed E-state index contributed by atoms with van der Waals surface area (Å²) in [7, 11) is 0. The summed E-state index contributed by atoms with van der Waals surface area (Å²) in [6.07, 6.45) is 0. The molecule has 0 atom stereocenters. The van der Waals surface area contributed by atoms with Crippen molar-refractivity contribution in [1.82, 2.24) is 0 Å². The fourth-order valence-electron chi connectivity index (χ4n) is 0. The standard InChI is InChI=1S/Ba.Cl2O.W.2H/c;1-3-2;;;. The minimum atomic E-state index is 0. The molecule has 0 fully saturated rings. The smallest absolute Gasteiger partial charge is 0 e. The summed E-state index contributed by atoms with van der Waals surface area (Å²) >= 11 is 8.53. The molecule has 0 aliphatic carbocycles. The molecule has 0 saturated carbocycles. The van der Waals surface area contributed by atoms with Crippen LogP contribution in [0.2, 0.25) is 0 Å². The van der Waals surface area contributed by atoms with Crippen molar-refractivity contribution in [1.29, 1.82) is 0 Å². The van der Waals surface area contributed by atoms with Gasteiger partial charge in [-0.2, -0.15) is 3.84 Å². The maximum absolute atomic E-state index is 4.26. The van der Waals surface area contributed by atoms with Crippen LogP contribution in [0.1, 0.15) is 0 Å². The topological polar surface area (TPSA) is 9.23 Å². The Kier molecular flexibility index (Phi) is 49.6. The summed E-state index contributed by atoms with van der Waals surface area (Å²) in [6, 6.07) is 0. The summed E-state index contributed by atoms with van der Waals surface area (Å²) in [5.41, 5.74) is 0. The average Bonchev–Trinajstić information content (AvgIpc) is 0.918. The summed E-state index contributed by atoms with van der Waals surface area (Å²) < 4.78 is 3.19. The molecule has 0 amide bonds. The number of rotatable bonds is 0. The van der Waals surface area contributed by atoms with E-state index in [2.05, 4.69) is 27.6 Å². The van der Waals surface area contributed by atoms with E-state index in [0.29, 0.717) is 0 Å². The molecule has 0 N–H and O–H groups in total. The quantitative estimate of drug-likeness (QED) is 0.526. The Morgan fingerprint density at radius 3 is 1.20 bits per heavy atom. The normalized spacial score (nSPS) is 3.60. The van der Waals surface area contributed by atoms with E-state index in [1.165, 1.54) is 0 Å². The molecule has 0 aliphatic rings. The molecular formula is H2BaCl2OW. The van der Waals surface area contributed by atoms with E-state index in [0.717, 1.165) is 0 Å². The molecular weight excluding hydrogens is 408 g/mol. The van der Waals surface area contributed by atoms with Crippen LogP contribution in [0.3, 0.4) is 0 Å². The maximum Gasteiger partial charge on any atom is 0 e. The Morgan fingerprint density at radius 2 is 1.20 bits per heavy atom. The molecule has 0 aromatic heterocycles. The molecule has 0 unspecified atom stereocenters. The Balaban J connectivity index is -0.0000000200. The Bertz CT molecular complexity index is 9.61. The van der Waals surface area contributed by atoms with E-state index in [1.54, 1.807) is 0 Å². The number of halogens is 2. The van der Waals surface area contributed by atoms with Gasteiger partial charge in [0.2, 0.25) is 0 Å². The van der Waals surface area contributed by atoms with Crippen LogP contribution in [0, 0.1) is 0 Å². The zero-order valence-corrected chi connectivity index (χ0v) is 6.02. The van der Waals surface area contributed by atoms with Gasteiger partial charge in [-0.1, -0.05) is 0 Å². The number of hydrogen-bond acceptors (Lipinski definition) is 1. The second-order valence-corrected chi connectivity index (χ2v) is 0.525. The second-order valence-electron chi connectivity index (χ2n) is 0.0583. The van der Waals surface area contributed by atoms with Crippen molar-refractivity contribution in [2.75, 3.05) is 0 Å². The predicted octanol–water partition coefficient (Wildman–Crippen LogP) is 0.392. The van der Waals surface area contributed by atoms with Gasteiger partial charge < -0.3 is 0 Å². The fourth-order valence-corrected chi connectivity index (χ4v) is 0. The summed E-state index contributed by atoms with van der Waals surface area (Å²) in [5, 5.41) is 0. The first-order valence-electron chi connectivity index (χ1n) is 0.309. The van der Waals surface area contributed by atoms with Crippen molar-refractivity contribution in [3.05, 3.63) is 0 Å².